The quantitative estimate of drug-likeness (QED) is 0.311. The van der Waals surface area contributed by atoms with Gasteiger partial charge in [0.2, 0.25) is 0 Å². The van der Waals surface area contributed by atoms with Gasteiger partial charge in [-0.3, -0.25) is 15.1 Å². The van der Waals surface area contributed by atoms with Crippen LogP contribution in [0.15, 0.2) is 0 Å². The fourth-order valence-corrected chi connectivity index (χ4v) is 4.07. The van der Waals surface area contributed by atoms with Crippen LogP contribution in [0.1, 0.15) is 73.1 Å². The van der Waals surface area contributed by atoms with Gasteiger partial charge in [-0.1, -0.05) is 41.0 Å². The largest absolute Gasteiger partial charge is 0.290 e. The Hall–Kier alpha value is -0.200. The molecule has 5 nitrogen and oxygen atoms in total. The van der Waals surface area contributed by atoms with E-state index in [1.807, 2.05) is 0 Å². The van der Waals surface area contributed by atoms with Crippen molar-refractivity contribution in [3.63, 3.8) is 0 Å². The van der Waals surface area contributed by atoms with E-state index in [1.54, 1.807) is 0 Å². The Morgan fingerprint density at radius 1 is 0.692 bits per heavy atom. The smallest absolute Gasteiger partial charge is 0.127 e. The van der Waals surface area contributed by atoms with Crippen molar-refractivity contribution in [3.8, 4) is 0 Å². The Morgan fingerprint density at radius 2 is 1.19 bits per heavy atom. The molecule has 1 unspecified atom stereocenters. The molecule has 5 heteroatoms. The van der Waals surface area contributed by atoms with Crippen LogP contribution in [0.3, 0.4) is 0 Å². The number of rotatable bonds is 17. The first-order chi connectivity index (χ1) is 12.5. The maximum atomic E-state index is 3.63. The van der Waals surface area contributed by atoms with Crippen LogP contribution < -0.4 is 5.32 Å². The molecule has 0 aromatic carbocycles. The molecule has 158 valence electrons. The summed E-state index contributed by atoms with van der Waals surface area (Å²) in [4.78, 5) is 4.89. The van der Waals surface area contributed by atoms with Gasteiger partial charge in [0, 0.05) is 26.2 Å². The normalized spacial score (nSPS) is 14.8. The summed E-state index contributed by atoms with van der Waals surface area (Å²) < 4.78 is 0. The standard InChI is InChI=1S/C21H49N5/c1-9-14-19-26(25(17-10-2)18-11-3)20-15-16-21(22-6,23(7)8)24(12-4)13-5/h22H,9-20H2,1-8H3. The fraction of sp³-hybridized carbons (Fsp3) is 1.00. The number of nitrogens with zero attached hydrogens (tertiary/aromatic N) is 4. The minimum atomic E-state index is -0.0553. The van der Waals surface area contributed by atoms with Gasteiger partial charge in [-0.25, -0.2) is 10.0 Å². The highest BCUT2D eigenvalue weighted by molar-refractivity contribution is 4.84. The Morgan fingerprint density at radius 3 is 1.58 bits per heavy atom. The molecule has 0 aliphatic rings. The van der Waals surface area contributed by atoms with Crippen LogP contribution in [0.25, 0.3) is 0 Å². The molecule has 0 aromatic rings. The highest BCUT2D eigenvalue weighted by Gasteiger charge is 2.35. The van der Waals surface area contributed by atoms with E-state index in [0.29, 0.717) is 0 Å². The first-order valence-corrected chi connectivity index (χ1v) is 11.1. The molecule has 0 amide bonds. The second kappa shape index (κ2) is 14.8. The van der Waals surface area contributed by atoms with E-state index in [2.05, 4.69) is 80.9 Å². The summed E-state index contributed by atoms with van der Waals surface area (Å²) in [6, 6.07) is 0. The summed E-state index contributed by atoms with van der Waals surface area (Å²) in [5.74, 6) is -0.0553. The minimum Gasteiger partial charge on any atom is -0.290 e. The Bertz CT molecular complexity index is 314. The van der Waals surface area contributed by atoms with Crippen LogP contribution in [-0.2, 0) is 0 Å². The molecule has 1 N–H and O–H groups in total. The van der Waals surface area contributed by atoms with Gasteiger partial charge in [0.15, 0.2) is 0 Å². The number of hydrogen-bond acceptors (Lipinski definition) is 5. The number of nitrogens with one attached hydrogen (secondary N) is 1. The van der Waals surface area contributed by atoms with Crippen molar-refractivity contribution in [2.75, 3.05) is 60.4 Å². The lowest BCUT2D eigenvalue weighted by molar-refractivity contribution is -0.0685. The molecule has 0 fully saturated rings. The molecule has 0 aromatic heterocycles. The second-order valence-electron chi connectivity index (χ2n) is 7.50. The van der Waals surface area contributed by atoms with Gasteiger partial charge in [-0.05, 0) is 66.3 Å². The van der Waals surface area contributed by atoms with Gasteiger partial charge >= 0.3 is 0 Å². The van der Waals surface area contributed by atoms with Gasteiger partial charge in [0.25, 0.3) is 0 Å². The van der Waals surface area contributed by atoms with Gasteiger partial charge in [0.1, 0.15) is 5.79 Å². The summed E-state index contributed by atoms with van der Waals surface area (Å²) in [6.07, 6.45) is 7.32. The summed E-state index contributed by atoms with van der Waals surface area (Å²) in [5, 5.41) is 8.87. The van der Waals surface area contributed by atoms with Crippen LogP contribution in [-0.4, -0.2) is 86.0 Å². The van der Waals surface area contributed by atoms with Crippen molar-refractivity contribution < 1.29 is 0 Å². The molecule has 0 aliphatic heterocycles. The topological polar surface area (TPSA) is 25.0 Å². The first-order valence-electron chi connectivity index (χ1n) is 11.1. The minimum absolute atomic E-state index is 0.0553. The van der Waals surface area contributed by atoms with Crippen molar-refractivity contribution >= 4 is 0 Å². The first kappa shape index (κ1) is 25.8. The summed E-state index contributed by atoms with van der Waals surface area (Å²) in [7, 11) is 6.50. The van der Waals surface area contributed by atoms with Gasteiger partial charge in [-0.2, -0.15) is 0 Å². The molecular weight excluding hydrogens is 322 g/mol. The van der Waals surface area contributed by atoms with Crippen molar-refractivity contribution in [1.82, 2.24) is 25.1 Å². The van der Waals surface area contributed by atoms with E-state index in [9.17, 15) is 0 Å². The van der Waals surface area contributed by atoms with Gasteiger partial charge in [0.05, 0.1) is 0 Å². The third-order valence-electron chi connectivity index (χ3n) is 5.50. The van der Waals surface area contributed by atoms with E-state index < -0.39 is 0 Å². The van der Waals surface area contributed by atoms with Crippen molar-refractivity contribution in [2.24, 2.45) is 0 Å². The maximum Gasteiger partial charge on any atom is 0.127 e. The molecule has 0 bridgehead atoms. The monoisotopic (exact) mass is 371 g/mol. The van der Waals surface area contributed by atoms with Gasteiger partial charge in [-0.15, -0.1) is 0 Å². The highest BCUT2D eigenvalue weighted by Crippen LogP contribution is 2.21. The average molecular weight is 372 g/mol. The third kappa shape index (κ3) is 7.81. The zero-order valence-electron chi connectivity index (χ0n) is 19.3. The zero-order chi connectivity index (χ0) is 20.0. The lowest BCUT2D eigenvalue weighted by Gasteiger charge is -2.48. The van der Waals surface area contributed by atoms with Crippen LogP contribution in [0, 0.1) is 0 Å². The second-order valence-corrected chi connectivity index (χ2v) is 7.50. The SMILES string of the molecule is CCCCN(CCCC(NC)(N(C)C)N(CC)CC)N(CCC)CCC. The molecule has 0 spiro atoms. The molecule has 0 rings (SSSR count). The molecule has 26 heavy (non-hydrogen) atoms. The number of hydrazine groups is 1. The number of unbranched alkanes of at least 4 members (excludes halogenated alkanes) is 1. The predicted octanol–water partition coefficient (Wildman–Crippen LogP) is 3.68. The highest BCUT2D eigenvalue weighted by atomic mass is 15.6. The molecule has 0 heterocycles. The summed E-state index contributed by atoms with van der Waals surface area (Å²) in [6.45, 7) is 18.2. The van der Waals surface area contributed by atoms with Crippen molar-refractivity contribution in [3.05, 3.63) is 0 Å². The molecule has 0 saturated carbocycles. The maximum absolute atomic E-state index is 3.63. The Kier molecular flexibility index (Phi) is 14.7. The summed E-state index contributed by atoms with van der Waals surface area (Å²) >= 11 is 0. The van der Waals surface area contributed by atoms with E-state index >= 15 is 0 Å². The van der Waals surface area contributed by atoms with E-state index in [4.69, 9.17) is 0 Å². The van der Waals surface area contributed by atoms with Crippen LogP contribution in [0.4, 0.5) is 0 Å². The zero-order valence-corrected chi connectivity index (χ0v) is 19.3. The average Bonchev–Trinajstić information content (AvgIpc) is 2.63. The van der Waals surface area contributed by atoms with Crippen LogP contribution in [0.2, 0.25) is 0 Å². The summed E-state index contributed by atoms with van der Waals surface area (Å²) in [5.41, 5.74) is 0. The lowest BCUT2D eigenvalue weighted by atomic mass is 10.1. The molecule has 0 radical (unpaired) electrons. The van der Waals surface area contributed by atoms with Crippen LogP contribution in [0.5, 0.6) is 0 Å². The molecular formula is C21H49N5. The molecule has 1 atom stereocenters. The predicted molar refractivity (Wildman–Crippen MR) is 116 cm³/mol. The Labute approximate surface area is 165 Å². The van der Waals surface area contributed by atoms with Crippen molar-refractivity contribution in [1.29, 1.82) is 0 Å². The molecule has 0 saturated heterocycles. The van der Waals surface area contributed by atoms with E-state index in [1.165, 1.54) is 51.7 Å². The Balaban J connectivity index is 5.05. The van der Waals surface area contributed by atoms with E-state index in [0.717, 1.165) is 26.1 Å². The molecule has 0 aliphatic carbocycles. The van der Waals surface area contributed by atoms with Gasteiger partial charge < -0.3 is 0 Å². The van der Waals surface area contributed by atoms with Crippen molar-refractivity contribution in [2.45, 2.75) is 78.9 Å². The number of hydrogen-bond donors (Lipinski definition) is 1. The lowest BCUT2D eigenvalue weighted by Crippen LogP contribution is -2.66. The van der Waals surface area contributed by atoms with E-state index in [-0.39, 0.29) is 5.79 Å². The third-order valence-corrected chi connectivity index (χ3v) is 5.50. The van der Waals surface area contributed by atoms with Crippen LogP contribution >= 0.6 is 0 Å². The fourth-order valence-electron chi connectivity index (χ4n) is 4.07.